The number of thioether (sulfide) groups is 1. The van der Waals surface area contributed by atoms with Crippen molar-refractivity contribution in [2.75, 3.05) is 12.0 Å². The molecule has 1 aromatic rings. The number of carboxylic acids is 1. The Morgan fingerprint density at radius 1 is 0.941 bits per heavy atom. The molecule has 4 unspecified atom stereocenters. The van der Waals surface area contributed by atoms with Gasteiger partial charge in [-0.05, 0) is 61.8 Å². The van der Waals surface area contributed by atoms with Crippen LogP contribution in [0, 0.1) is 5.92 Å². The van der Waals surface area contributed by atoms with Crippen molar-refractivity contribution in [2.24, 2.45) is 11.7 Å². The minimum atomic E-state index is -1.15. The summed E-state index contributed by atoms with van der Waals surface area (Å²) in [6.45, 7) is 5.14. The highest BCUT2D eigenvalue weighted by molar-refractivity contribution is 7.98. The lowest BCUT2D eigenvalue weighted by molar-refractivity contribution is -0.142. The van der Waals surface area contributed by atoms with Crippen LogP contribution in [0.5, 0.6) is 5.75 Å². The third-order valence-electron chi connectivity index (χ3n) is 5.05. The van der Waals surface area contributed by atoms with Crippen molar-refractivity contribution in [1.82, 2.24) is 16.0 Å². The number of phenols is 1. The molecule has 4 atom stereocenters. The first kappa shape index (κ1) is 29.2. The largest absolute Gasteiger partial charge is 0.508 e. The van der Waals surface area contributed by atoms with Gasteiger partial charge in [-0.3, -0.25) is 14.4 Å². The summed E-state index contributed by atoms with van der Waals surface area (Å²) in [5.41, 5.74) is 6.76. The normalized spacial score (nSPS) is 14.5. The van der Waals surface area contributed by atoms with Crippen LogP contribution in [-0.4, -0.2) is 70.1 Å². The number of phenolic OH excluding ortho intramolecular Hbond substituents is 1. The lowest BCUT2D eigenvalue weighted by Gasteiger charge is -2.24. The number of aromatic hydroxyl groups is 1. The van der Waals surface area contributed by atoms with Gasteiger partial charge in [-0.25, -0.2) is 4.79 Å². The Labute approximate surface area is 204 Å². The second-order valence-electron chi connectivity index (χ2n) is 8.58. The molecule has 0 spiro atoms. The smallest absolute Gasteiger partial charge is 0.326 e. The quantitative estimate of drug-likeness (QED) is 0.218. The molecule has 1 rings (SSSR count). The molecule has 11 heteroatoms. The summed E-state index contributed by atoms with van der Waals surface area (Å²) in [6, 6.07) is 2.43. The third-order valence-corrected chi connectivity index (χ3v) is 5.69. The van der Waals surface area contributed by atoms with E-state index in [9.17, 15) is 29.4 Å². The Kier molecular flexibility index (Phi) is 12.4. The van der Waals surface area contributed by atoms with Crippen LogP contribution in [-0.2, 0) is 25.6 Å². The van der Waals surface area contributed by atoms with Crippen LogP contribution in [0.25, 0.3) is 0 Å². The van der Waals surface area contributed by atoms with Gasteiger partial charge in [0.2, 0.25) is 17.7 Å². The van der Waals surface area contributed by atoms with Crippen LogP contribution in [0.15, 0.2) is 24.3 Å². The first-order valence-electron chi connectivity index (χ1n) is 11.1. The molecule has 0 heterocycles. The number of rotatable bonds is 14. The average Bonchev–Trinajstić information content (AvgIpc) is 2.76. The summed E-state index contributed by atoms with van der Waals surface area (Å²) >= 11 is 1.50. The number of aliphatic carboxylic acids is 1. The molecule has 0 fully saturated rings. The standard InChI is InChI=1S/C23H36N4O6S/c1-13(2)11-19(23(32)33)27-20(29)14(3)25-22(31)18(9-10-34-4)26-21(30)17(24)12-15-5-7-16(28)8-6-15/h5-8,13-14,17-19,28H,9-12,24H2,1-4H3,(H,25,31)(H,26,30)(H,27,29)(H,32,33). The minimum Gasteiger partial charge on any atom is -0.508 e. The zero-order chi connectivity index (χ0) is 25.8. The molecule has 0 bridgehead atoms. The molecule has 0 aliphatic heterocycles. The predicted octanol–water partition coefficient (Wildman–Crippen LogP) is 0.620. The third kappa shape index (κ3) is 10.4. The lowest BCUT2D eigenvalue weighted by Crippen LogP contribution is -2.56. The lowest BCUT2D eigenvalue weighted by atomic mass is 10.0. The van der Waals surface area contributed by atoms with Crippen molar-refractivity contribution in [3.8, 4) is 5.75 Å². The van der Waals surface area contributed by atoms with Crippen molar-refractivity contribution in [1.29, 1.82) is 0 Å². The zero-order valence-corrected chi connectivity index (χ0v) is 20.9. The van der Waals surface area contributed by atoms with Crippen LogP contribution in [0.1, 0.15) is 39.2 Å². The van der Waals surface area contributed by atoms with Crippen LogP contribution in [0.3, 0.4) is 0 Å². The van der Waals surface area contributed by atoms with E-state index in [2.05, 4.69) is 16.0 Å². The Hall–Kier alpha value is -2.79. The number of hydrogen-bond donors (Lipinski definition) is 6. The van der Waals surface area contributed by atoms with Crippen LogP contribution >= 0.6 is 11.8 Å². The molecular weight excluding hydrogens is 460 g/mol. The second kappa shape index (κ2) is 14.5. The molecule has 0 radical (unpaired) electrons. The van der Waals surface area contributed by atoms with Gasteiger partial charge in [0.25, 0.3) is 0 Å². The van der Waals surface area contributed by atoms with Gasteiger partial charge in [0.05, 0.1) is 6.04 Å². The number of amides is 3. The number of carboxylic acid groups (broad SMARTS) is 1. The van der Waals surface area contributed by atoms with Crippen molar-refractivity contribution in [3.63, 3.8) is 0 Å². The maximum Gasteiger partial charge on any atom is 0.326 e. The highest BCUT2D eigenvalue weighted by atomic mass is 32.2. The highest BCUT2D eigenvalue weighted by Gasteiger charge is 2.28. The predicted molar refractivity (Wildman–Crippen MR) is 131 cm³/mol. The molecule has 0 aliphatic rings. The number of carbonyl (C=O) groups excluding carboxylic acids is 3. The van der Waals surface area contributed by atoms with E-state index in [0.29, 0.717) is 12.2 Å². The molecule has 7 N–H and O–H groups in total. The van der Waals surface area contributed by atoms with Gasteiger partial charge in [-0.2, -0.15) is 11.8 Å². The van der Waals surface area contributed by atoms with Crippen LogP contribution in [0.2, 0.25) is 0 Å². The van der Waals surface area contributed by atoms with E-state index in [1.54, 1.807) is 12.1 Å². The van der Waals surface area contributed by atoms with E-state index >= 15 is 0 Å². The molecule has 1 aromatic carbocycles. The fourth-order valence-corrected chi connectivity index (χ4v) is 3.60. The van der Waals surface area contributed by atoms with E-state index in [1.807, 2.05) is 20.1 Å². The van der Waals surface area contributed by atoms with Gasteiger partial charge in [0, 0.05) is 0 Å². The highest BCUT2D eigenvalue weighted by Crippen LogP contribution is 2.11. The van der Waals surface area contributed by atoms with Crippen molar-refractivity contribution < 1.29 is 29.4 Å². The number of hydrogen-bond acceptors (Lipinski definition) is 7. The fourth-order valence-electron chi connectivity index (χ4n) is 3.13. The van der Waals surface area contributed by atoms with Gasteiger partial charge in [-0.1, -0.05) is 26.0 Å². The molecule has 190 valence electrons. The van der Waals surface area contributed by atoms with Crippen molar-refractivity contribution in [2.45, 2.75) is 64.2 Å². The van der Waals surface area contributed by atoms with Gasteiger partial charge in [0.1, 0.15) is 23.9 Å². The maximum absolute atomic E-state index is 12.8. The van der Waals surface area contributed by atoms with Gasteiger partial charge >= 0.3 is 5.97 Å². The van der Waals surface area contributed by atoms with Gasteiger partial charge < -0.3 is 31.9 Å². The summed E-state index contributed by atoms with van der Waals surface area (Å²) in [5, 5.41) is 26.3. The molecule has 34 heavy (non-hydrogen) atoms. The summed E-state index contributed by atoms with van der Waals surface area (Å²) < 4.78 is 0. The van der Waals surface area contributed by atoms with Crippen molar-refractivity contribution in [3.05, 3.63) is 29.8 Å². The molecular formula is C23H36N4O6S. The molecule has 3 amide bonds. The van der Waals surface area contributed by atoms with Crippen molar-refractivity contribution >= 4 is 35.5 Å². The van der Waals surface area contributed by atoms with E-state index in [4.69, 9.17) is 5.73 Å². The van der Waals surface area contributed by atoms with Crippen LogP contribution < -0.4 is 21.7 Å². The first-order valence-corrected chi connectivity index (χ1v) is 12.5. The molecule has 0 saturated carbocycles. The second-order valence-corrected chi connectivity index (χ2v) is 9.56. The van der Waals surface area contributed by atoms with Gasteiger partial charge in [-0.15, -0.1) is 0 Å². The summed E-state index contributed by atoms with van der Waals surface area (Å²) in [5.74, 6) is -2.10. The number of nitrogens with one attached hydrogen (secondary N) is 3. The number of carbonyl (C=O) groups is 4. The number of nitrogens with two attached hydrogens (primary N) is 1. The van der Waals surface area contributed by atoms with Crippen LogP contribution in [0.4, 0.5) is 0 Å². The molecule has 0 aromatic heterocycles. The Morgan fingerprint density at radius 3 is 2.06 bits per heavy atom. The van der Waals surface area contributed by atoms with E-state index in [1.165, 1.54) is 30.8 Å². The van der Waals surface area contributed by atoms with E-state index < -0.39 is 47.9 Å². The topological polar surface area (TPSA) is 171 Å². The molecule has 0 aliphatic carbocycles. The SMILES string of the molecule is CSCCC(NC(=O)C(N)Cc1ccc(O)cc1)C(=O)NC(C)C(=O)NC(CC(C)C)C(=O)O. The maximum atomic E-state index is 12.8. The minimum absolute atomic E-state index is 0.0585. The zero-order valence-electron chi connectivity index (χ0n) is 20.0. The Bertz CT molecular complexity index is 833. The van der Waals surface area contributed by atoms with E-state index in [0.717, 1.165) is 5.56 Å². The summed E-state index contributed by atoms with van der Waals surface area (Å²) in [6.07, 6.45) is 2.66. The Morgan fingerprint density at radius 2 is 1.53 bits per heavy atom. The molecule has 0 saturated heterocycles. The average molecular weight is 497 g/mol. The van der Waals surface area contributed by atoms with Gasteiger partial charge in [0.15, 0.2) is 0 Å². The Balaban J connectivity index is 2.75. The number of benzene rings is 1. The monoisotopic (exact) mass is 496 g/mol. The molecule has 10 nitrogen and oxygen atoms in total. The van der Waals surface area contributed by atoms with E-state index in [-0.39, 0.29) is 24.5 Å². The summed E-state index contributed by atoms with van der Waals surface area (Å²) in [4.78, 5) is 49.3. The first-order chi connectivity index (χ1) is 15.9. The fraction of sp³-hybridized carbons (Fsp3) is 0.565. The summed E-state index contributed by atoms with van der Waals surface area (Å²) in [7, 11) is 0.